The molecule has 2 unspecified atom stereocenters. The Kier molecular flexibility index (Phi) is 5.73. The Morgan fingerprint density at radius 2 is 2.09 bits per heavy atom. The molecule has 126 valence electrons. The van der Waals surface area contributed by atoms with Crippen LogP contribution in [0.3, 0.4) is 0 Å². The average molecular weight is 361 g/mol. The van der Waals surface area contributed by atoms with Crippen LogP contribution in [-0.2, 0) is 11.0 Å². The molecule has 0 amide bonds. The minimum Gasteiger partial charge on any atom is -0.393 e. The predicted molar refractivity (Wildman–Crippen MR) is 91.1 cm³/mol. The molecule has 0 radical (unpaired) electrons. The van der Waals surface area contributed by atoms with Crippen LogP contribution in [0.1, 0.15) is 31.4 Å². The van der Waals surface area contributed by atoms with E-state index >= 15 is 0 Å². The predicted octanol–water partition coefficient (Wildman–Crippen LogP) is 4.55. The van der Waals surface area contributed by atoms with Gasteiger partial charge in [-0.05, 0) is 29.9 Å². The second kappa shape index (κ2) is 7.21. The summed E-state index contributed by atoms with van der Waals surface area (Å²) in [5.41, 5.74) is 5.63. The molecule has 0 aliphatic carbocycles. The standard InChI is InChI=1S/C16H18F3NOS2/c1-3-7-22-9(2)14-13(21)12(15(20)23-14)10-5-4-6-11(8-10)16(17,18)19/h4-6,8-9,14H,3,7,20H2,1-2H3. The number of carbonyl (C=O) groups is 1. The second-order valence-electron chi connectivity index (χ2n) is 5.30. The molecule has 1 aliphatic rings. The Morgan fingerprint density at radius 3 is 2.70 bits per heavy atom. The molecule has 2 atom stereocenters. The molecule has 1 aromatic rings. The Hall–Kier alpha value is -1.08. The number of hydrogen-bond donors (Lipinski definition) is 1. The molecule has 2 rings (SSSR count). The highest BCUT2D eigenvalue weighted by Gasteiger charge is 2.38. The minimum atomic E-state index is -4.44. The molecule has 1 aromatic carbocycles. The van der Waals surface area contributed by atoms with E-state index < -0.39 is 11.7 Å². The molecule has 0 saturated heterocycles. The zero-order valence-corrected chi connectivity index (χ0v) is 14.4. The van der Waals surface area contributed by atoms with E-state index in [1.165, 1.54) is 23.9 Å². The van der Waals surface area contributed by atoms with Crippen LogP contribution in [0.4, 0.5) is 13.2 Å². The smallest absolute Gasteiger partial charge is 0.393 e. The number of hydrogen-bond acceptors (Lipinski definition) is 4. The van der Waals surface area contributed by atoms with Gasteiger partial charge in [-0.1, -0.05) is 37.7 Å². The first-order valence-corrected chi connectivity index (χ1v) is 9.18. The lowest BCUT2D eigenvalue weighted by Gasteiger charge is -2.17. The van der Waals surface area contributed by atoms with Gasteiger partial charge in [-0.25, -0.2) is 0 Å². The highest BCUT2D eigenvalue weighted by Crippen LogP contribution is 2.42. The molecule has 0 spiro atoms. The van der Waals surface area contributed by atoms with E-state index in [0.717, 1.165) is 24.3 Å². The molecule has 1 heterocycles. The van der Waals surface area contributed by atoms with Crippen molar-refractivity contribution < 1.29 is 18.0 Å². The summed E-state index contributed by atoms with van der Waals surface area (Å²) < 4.78 is 38.6. The van der Waals surface area contributed by atoms with Crippen LogP contribution in [0, 0.1) is 0 Å². The third-order valence-electron chi connectivity index (χ3n) is 3.49. The fourth-order valence-electron chi connectivity index (χ4n) is 2.35. The molecule has 0 bridgehead atoms. The monoisotopic (exact) mass is 361 g/mol. The molecule has 2 N–H and O–H groups in total. The summed E-state index contributed by atoms with van der Waals surface area (Å²) in [6.45, 7) is 4.02. The van der Waals surface area contributed by atoms with Gasteiger partial charge in [0.25, 0.3) is 0 Å². The maximum atomic E-state index is 12.9. The molecule has 2 nitrogen and oxygen atoms in total. The van der Waals surface area contributed by atoms with Crippen LogP contribution in [0.5, 0.6) is 0 Å². The Bertz CT molecular complexity index is 628. The summed E-state index contributed by atoms with van der Waals surface area (Å²) in [5, 5.41) is 0.0358. The van der Waals surface area contributed by atoms with Gasteiger partial charge < -0.3 is 5.73 Å². The summed E-state index contributed by atoms with van der Waals surface area (Å²) in [6, 6.07) is 4.79. The van der Waals surface area contributed by atoms with E-state index in [0.29, 0.717) is 5.03 Å². The number of ketones is 1. The molecule has 1 aliphatic heterocycles. The maximum Gasteiger partial charge on any atom is 0.416 e. The van der Waals surface area contributed by atoms with Crippen LogP contribution in [0.15, 0.2) is 29.3 Å². The first-order chi connectivity index (χ1) is 10.8. The van der Waals surface area contributed by atoms with Crippen molar-refractivity contribution in [3.05, 3.63) is 40.4 Å². The topological polar surface area (TPSA) is 43.1 Å². The number of halogens is 3. The van der Waals surface area contributed by atoms with Gasteiger partial charge in [-0.2, -0.15) is 24.9 Å². The summed E-state index contributed by atoms with van der Waals surface area (Å²) in [5.74, 6) is 0.757. The van der Waals surface area contributed by atoms with Crippen LogP contribution in [-0.4, -0.2) is 22.0 Å². The fraction of sp³-hybridized carbons (Fsp3) is 0.438. The van der Waals surface area contributed by atoms with E-state index in [-0.39, 0.29) is 27.4 Å². The van der Waals surface area contributed by atoms with Gasteiger partial charge in [0.2, 0.25) is 0 Å². The van der Waals surface area contributed by atoms with E-state index in [1.54, 1.807) is 11.8 Å². The number of benzene rings is 1. The number of carbonyl (C=O) groups excluding carboxylic acids is 1. The van der Waals surface area contributed by atoms with Gasteiger partial charge in [0.15, 0.2) is 5.78 Å². The van der Waals surface area contributed by atoms with Gasteiger partial charge in [0.1, 0.15) is 0 Å². The summed E-state index contributed by atoms with van der Waals surface area (Å²) in [6.07, 6.45) is -3.44. The Morgan fingerprint density at radius 1 is 1.39 bits per heavy atom. The number of rotatable bonds is 5. The largest absolute Gasteiger partial charge is 0.416 e. The quantitative estimate of drug-likeness (QED) is 0.836. The zero-order valence-electron chi connectivity index (χ0n) is 12.8. The van der Waals surface area contributed by atoms with Crippen molar-refractivity contribution in [2.75, 3.05) is 5.75 Å². The van der Waals surface area contributed by atoms with Crippen molar-refractivity contribution in [3.63, 3.8) is 0 Å². The van der Waals surface area contributed by atoms with E-state index in [9.17, 15) is 18.0 Å². The molecule has 23 heavy (non-hydrogen) atoms. The Balaban J connectivity index is 2.27. The number of nitrogens with two attached hydrogens (primary N) is 1. The highest BCUT2D eigenvalue weighted by molar-refractivity contribution is 8.07. The zero-order chi connectivity index (χ0) is 17.2. The lowest BCUT2D eigenvalue weighted by molar-refractivity contribution is -0.137. The lowest BCUT2D eigenvalue weighted by atomic mass is 9.98. The lowest BCUT2D eigenvalue weighted by Crippen LogP contribution is -2.24. The second-order valence-corrected chi connectivity index (χ2v) is 7.96. The molecule has 0 aromatic heterocycles. The fourth-order valence-corrected chi connectivity index (χ4v) is 4.68. The normalized spacial score (nSPS) is 20.2. The first kappa shape index (κ1) is 18.3. The van der Waals surface area contributed by atoms with Crippen LogP contribution >= 0.6 is 23.5 Å². The third kappa shape index (κ3) is 4.07. The van der Waals surface area contributed by atoms with Crippen molar-refractivity contribution in [1.82, 2.24) is 0 Å². The highest BCUT2D eigenvalue weighted by atomic mass is 32.2. The van der Waals surface area contributed by atoms with Crippen molar-refractivity contribution in [3.8, 4) is 0 Å². The van der Waals surface area contributed by atoms with Gasteiger partial charge in [0, 0.05) is 5.25 Å². The number of alkyl halides is 3. The van der Waals surface area contributed by atoms with E-state index in [1.807, 2.05) is 6.92 Å². The number of Topliss-reactive ketones (excluding diaryl/α,β-unsaturated/α-hetero) is 1. The van der Waals surface area contributed by atoms with Gasteiger partial charge >= 0.3 is 6.18 Å². The number of thioether (sulfide) groups is 2. The third-order valence-corrected chi connectivity index (χ3v) is 6.44. The SMILES string of the molecule is CCCSC(C)C1SC(N)=C(c2cccc(C(F)(F)F)c2)C1=O. The maximum absolute atomic E-state index is 12.9. The van der Waals surface area contributed by atoms with Crippen molar-refractivity contribution in [1.29, 1.82) is 0 Å². The van der Waals surface area contributed by atoms with E-state index in [4.69, 9.17) is 5.73 Å². The minimum absolute atomic E-state index is 0.0642. The van der Waals surface area contributed by atoms with Gasteiger partial charge in [-0.15, -0.1) is 0 Å². The van der Waals surface area contributed by atoms with E-state index in [2.05, 4.69) is 6.92 Å². The molecular weight excluding hydrogens is 343 g/mol. The summed E-state index contributed by atoms with van der Waals surface area (Å²) in [4.78, 5) is 12.6. The number of allylic oxidation sites excluding steroid dienone is 1. The first-order valence-electron chi connectivity index (χ1n) is 7.25. The summed E-state index contributed by atoms with van der Waals surface area (Å²) >= 11 is 2.93. The molecule has 7 heteroatoms. The molecule has 0 fully saturated rings. The summed E-state index contributed by atoms with van der Waals surface area (Å²) in [7, 11) is 0. The van der Waals surface area contributed by atoms with Gasteiger partial charge in [-0.3, -0.25) is 4.79 Å². The van der Waals surface area contributed by atoms with Crippen LogP contribution < -0.4 is 5.73 Å². The average Bonchev–Trinajstić information content (AvgIpc) is 2.79. The van der Waals surface area contributed by atoms with Crippen molar-refractivity contribution in [2.45, 2.75) is 36.9 Å². The molecular formula is C16H18F3NOS2. The van der Waals surface area contributed by atoms with Gasteiger partial charge in [0.05, 0.1) is 21.4 Å². The molecule has 0 saturated carbocycles. The Labute approximate surface area is 142 Å². The van der Waals surface area contributed by atoms with Crippen molar-refractivity contribution >= 4 is 34.9 Å². The van der Waals surface area contributed by atoms with Crippen LogP contribution in [0.2, 0.25) is 0 Å². The van der Waals surface area contributed by atoms with Crippen LogP contribution in [0.25, 0.3) is 5.57 Å². The van der Waals surface area contributed by atoms with Crippen molar-refractivity contribution in [2.24, 2.45) is 5.73 Å².